The summed E-state index contributed by atoms with van der Waals surface area (Å²) in [7, 11) is -3.31. The molecule has 1 aromatic carbocycles. The Morgan fingerprint density at radius 1 is 1.31 bits per heavy atom. The Morgan fingerprint density at radius 3 is 2.19 bits per heavy atom. The molecule has 0 aromatic heterocycles. The lowest BCUT2D eigenvalue weighted by molar-refractivity contribution is -0.138. The Labute approximate surface area is 94.8 Å². The van der Waals surface area contributed by atoms with Crippen molar-refractivity contribution in [1.82, 2.24) is 0 Å². The largest absolute Gasteiger partial charge is 0.481 e. The predicted octanol–water partition coefficient (Wildman–Crippen LogP) is 1.21. The molecule has 1 rings (SSSR count). The standard InChI is InChI=1S/C11H14O4S/c1-8-3-5-9(6-4-8)10(11(12)13)7-16(2,14)15/h3-6,10H,7H2,1-2H3,(H,12,13). The smallest absolute Gasteiger partial charge is 0.312 e. The number of hydrogen-bond donors (Lipinski definition) is 1. The van der Waals surface area contributed by atoms with Crippen LogP contribution >= 0.6 is 0 Å². The highest BCUT2D eigenvalue weighted by Gasteiger charge is 2.24. The average molecular weight is 242 g/mol. The zero-order valence-corrected chi connectivity index (χ0v) is 9.99. The SMILES string of the molecule is Cc1ccc(C(CS(C)(=O)=O)C(=O)O)cc1. The molecule has 0 aliphatic rings. The minimum atomic E-state index is -3.31. The lowest BCUT2D eigenvalue weighted by atomic mass is 10.0. The van der Waals surface area contributed by atoms with E-state index in [2.05, 4.69) is 0 Å². The fraction of sp³-hybridized carbons (Fsp3) is 0.364. The Morgan fingerprint density at radius 2 is 1.81 bits per heavy atom. The molecule has 0 aliphatic carbocycles. The maximum Gasteiger partial charge on any atom is 0.312 e. The predicted molar refractivity (Wildman–Crippen MR) is 61.3 cm³/mol. The van der Waals surface area contributed by atoms with Crippen molar-refractivity contribution in [2.75, 3.05) is 12.0 Å². The third-order valence-corrected chi connectivity index (χ3v) is 3.19. The normalized spacial score (nSPS) is 13.4. The van der Waals surface area contributed by atoms with E-state index in [1.54, 1.807) is 24.3 Å². The van der Waals surface area contributed by atoms with Gasteiger partial charge in [-0.3, -0.25) is 4.79 Å². The van der Waals surface area contributed by atoms with E-state index in [-0.39, 0.29) is 5.75 Å². The molecule has 0 radical (unpaired) electrons. The third kappa shape index (κ3) is 3.66. The summed E-state index contributed by atoms with van der Waals surface area (Å²) in [4.78, 5) is 11.0. The van der Waals surface area contributed by atoms with Crippen molar-refractivity contribution in [3.63, 3.8) is 0 Å². The van der Waals surface area contributed by atoms with Crippen molar-refractivity contribution in [2.24, 2.45) is 0 Å². The Balaban J connectivity index is 3.03. The molecule has 88 valence electrons. The number of hydrogen-bond acceptors (Lipinski definition) is 3. The van der Waals surface area contributed by atoms with Crippen LogP contribution in [0.2, 0.25) is 0 Å². The highest BCUT2D eigenvalue weighted by atomic mass is 32.2. The van der Waals surface area contributed by atoms with Gasteiger partial charge in [-0.05, 0) is 12.5 Å². The first kappa shape index (κ1) is 12.7. The summed E-state index contributed by atoms with van der Waals surface area (Å²) in [6, 6.07) is 6.85. The van der Waals surface area contributed by atoms with Crippen LogP contribution in [0, 0.1) is 6.92 Å². The van der Waals surface area contributed by atoms with Crippen LogP contribution in [0.4, 0.5) is 0 Å². The van der Waals surface area contributed by atoms with E-state index < -0.39 is 21.7 Å². The van der Waals surface area contributed by atoms with Crippen molar-refractivity contribution in [3.05, 3.63) is 35.4 Å². The second kappa shape index (κ2) is 4.65. The number of aliphatic carboxylic acids is 1. The maximum absolute atomic E-state index is 11.1. The van der Waals surface area contributed by atoms with Crippen LogP contribution in [0.1, 0.15) is 17.0 Å². The van der Waals surface area contributed by atoms with Gasteiger partial charge in [0.05, 0.1) is 11.7 Å². The van der Waals surface area contributed by atoms with Gasteiger partial charge >= 0.3 is 5.97 Å². The molecule has 5 heteroatoms. The summed E-state index contributed by atoms with van der Waals surface area (Å²) in [6.07, 6.45) is 1.04. The van der Waals surface area contributed by atoms with Crippen molar-refractivity contribution < 1.29 is 18.3 Å². The van der Waals surface area contributed by atoms with Crippen LogP contribution in [0.5, 0.6) is 0 Å². The van der Waals surface area contributed by atoms with Crippen molar-refractivity contribution in [1.29, 1.82) is 0 Å². The molecular weight excluding hydrogens is 228 g/mol. The second-order valence-electron chi connectivity index (χ2n) is 3.89. The van der Waals surface area contributed by atoms with E-state index in [0.29, 0.717) is 5.56 Å². The lowest BCUT2D eigenvalue weighted by Gasteiger charge is -2.11. The molecule has 0 heterocycles. The van der Waals surface area contributed by atoms with Crippen LogP contribution in [-0.4, -0.2) is 31.5 Å². The minimum Gasteiger partial charge on any atom is -0.481 e. The molecule has 0 fully saturated rings. The monoisotopic (exact) mass is 242 g/mol. The summed E-state index contributed by atoms with van der Waals surface area (Å²) < 4.78 is 22.2. The molecule has 1 unspecified atom stereocenters. The average Bonchev–Trinajstić information content (AvgIpc) is 2.14. The Kier molecular flexibility index (Phi) is 3.70. The van der Waals surface area contributed by atoms with E-state index in [0.717, 1.165) is 11.8 Å². The third-order valence-electron chi connectivity index (χ3n) is 2.25. The number of aryl methyl sites for hydroxylation is 1. The van der Waals surface area contributed by atoms with Gasteiger partial charge in [0.15, 0.2) is 0 Å². The highest BCUT2D eigenvalue weighted by molar-refractivity contribution is 7.90. The molecule has 1 aromatic rings. The van der Waals surface area contributed by atoms with Crippen LogP contribution in [0.15, 0.2) is 24.3 Å². The molecule has 4 nitrogen and oxygen atoms in total. The number of carboxylic acid groups (broad SMARTS) is 1. The van der Waals surface area contributed by atoms with Gasteiger partial charge in [-0.25, -0.2) is 8.42 Å². The van der Waals surface area contributed by atoms with E-state index >= 15 is 0 Å². The first-order chi connectivity index (χ1) is 7.29. The van der Waals surface area contributed by atoms with E-state index in [9.17, 15) is 13.2 Å². The van der Waals surface area contributed by atoms with Gasteiger partial charge in [-0.1, -0.05) is 29.8 Å². The molecule has 0 saturated heterocycles. The summed E-state index contributed by atoms with van der Waals surface area (Å²) >= 11 is 0. The first-order valence-corrected chi connectivity index (χ1v) is 6.83. The van der Waals surface area contributed by atoms with Gasteiger partial charge in [0.1, 0.15) is 9.84 Å². The number of rotatable bonds is 4. The van der Waals surface area contributed by atoms with Gasteiger partial charge in [-0.15, -0.1) is 0 Å². The van der Waals surface area contributed by atoms with Gasteiger partial charge in [0.2, 0.25) is 0 Å². The molecule has 0 spiro atoms. The van der Waals surface area contributed by atoms with Gasteiger partial charge < -0.3 is 5.11 Å². The van der Waals surface area contributed by atoms with Gasteiger partial charge in [-0.2, -0.15) is 0 Å². The molecular formula is C11H14O4S. The molecule has 0 bridgehead atoms. The summed E-state index contributed by atoms with van der Waals surface area (Å²) in [5.41, 5.74) is 1.52. The molecule has 0 aliphatic heterocycles. The van der Waals surface area contributed by atoms with E-state index in [1.807, 2.05) is 6.92 Å². The lowest BCUT2D eigenvalue weighted by Crippen LogP contribution is -2.21. The second-order valence-corrected chi connectivity index (χ2v) is 6.08. The highest BCUT2D eigenvalue weighted by Crippen LogP contribution is 2.18. The summed E-state index contributed by atoms with van der Waals surface area (Å²) in [5.74, 6) is -2.48. The van der Waals surface area contributed by atoms with E-state index in [1.165, 1.54) is 0 Å². The minimum absolute atomic E-state index is 0.370. The van der Waals surface area contributed by atoms with Gasteiger partial charge in [0, 0.05) is 6.26 Å². The zero-order chi connectivity index (χ0) is 12.3. The summed E-state index contributed by atoms with van der Waals surface area (Å²) in [6.45, 7) is 1.89. The number of sulfone groups is 1. The zero-order valence-electron chi connectivity index (χ0n) is 9.17. The van der Waals surface area contributed by atoms with Gasteiger partial charge in [0.25, 0.3) is 0 Å². The van der Waals surface area contributed by atoms with Crippen LogP contribution in [0.25, 0.3) is 0 Å². The molecule has 16 heavy (non-hydrogen) atoms. The quantitative estimate of drug-likeness (QED) is 0.861. The van der Waals surface area contributed by atoms with Crippen molar-refractivity contribution >= 4 is 15.8 Å². The maximum atomic E-state index is 11.1. The number of benzene rings is 1. The first-order valence-electron chi connectivity index (χ1n) is 4.76. The van der Waals surface area contributed by atoms with Crippen LogP contribution in [0.3, 0.4) is 0 Å². The van der Waals surface area contributed by atoms with Crippen molar-refractivity contribution in [3.8, 4) is 0 Å². The number of carbonyl (C=O) groups is 1. The molecule has 0 amide bonds. The molecule has 0 saturated carbocycles. The molecule has 1 N–H and O–H groups in total. The fourth-order valence-corrected chi connectivity index (χ4v) is 2.35. The van der Waals surface area contributed by atoms with Crippen LogP contribution in [-0.2, 0) is 14.6 Å². The Bertz CT molecular complexity index is 473. The Hall–Kier alpha value is -1.36. The van der Waals surface area contributed by atoms with Crippen LogP contribution < -0.4 is 0 Å². The van der Waals surface area contributed by atoms with Crippen molar-refractivity contribution in [2.45, 2.75) is 12.8 Å². The summed E-state index contributed by atoms with van der Waals surface area (Å²) in [5, 5.41) is 8.99. The van der Waals surface area contributed by atoms with E-state index in [4.69, 9.17) is 5.11 Å². The molecule has 1 atom stereocenters. The number of carboxylic acids is 1. The topological polar surface area (TPSA) is 71.4 Å². The fourth-order valence-electron chi connectivity index (χ4n) is 1.41.